The molecule has 1 aliphatic carbocycles. The minimum absolute atomic E-state index is 0.236. The Labute approximate surface area is 152 Å². The van der Waals surface area contributed by atoms with E-state index >= 15 is 0 Å². The van der Waals surface area contributed by atoms with Gasteiger partial charge in [0.05, 0.1) is 5.75 Å². The maximum atomic E-state index is 12.4. The van der Waals surface area contributed by atoms with Gasteiger partial charge in [-0.25, -0.2) is 13.1 Å². The van der Waals surface area contributed by atoms with Gasteiger partial charge in [0.2, 0.25) is 10.0 Å². The molecule has 2 aliphatic rings. The van der Waals surface area contributed by atoms with Crippen molar-refractivity contribution in [2.24, 2.45) is 11.8 Å². The van der Waals surface area contributed by atoms with Crippen molar-refractivity contribution < 1.29 is 13.2 Å². The average Bonchev–Trinajstić information content (AvgIpc) is 2.99. The second-order valence-corrected chi connectivity index (χ2v) is 9.85. The summed E-state index contributed by atoms with van der Waals surface area (Å²) in [4.78, 5) is 0. The number of hydrogen-bond donors (Lipinski definition) is 1. The fourth-order valence-electron chi connectivity index (χ4n) is 4.26. The summed E-state index contributed by atoms with van der Waals surface area (Å²) in [5.41, 5.74) is 2.73. The lowest BCUT2D eigenvalue weighted by atomic mass is 9.90. The minimum Gasteiger partial charge on any atom is -0.381 e. The van der Waals surface area contributed by atoms with Crippen LogP contribution in [0.2, 0.25) is 0 Å². The molecule has 140 valence electrons. The Kier molecular flexibility index (Phi) is 6.18. The quantitative estimate of drug-likeness (QED) is 0.802. The second-order valence-electron chi connectivity index (χ2n) is 7.92. The Hall–Kier alpha value is -0.910. The van der Waals surface area contributed by atoms with Gasteiger partial charge in [0.25, 0.3) is 0 Å². The number of nitrogens with one attached hydrogen (secondary N) is 1. The Morgan fingerprint density at radius 2 is 1.84 bits per heavy atom. The summed E-state index contributed by atoms with van der Waals surface area (Å²) in [6, 6.07) is 8.53. The minimum atomic E-state index is -3.20. The van der Waals surface area contributed by atoms with Crippen LogP contribution in [0.25, 0.3) is 0 Å². The van der Waals surface area contributed by atoms with E-state index in [1.54, 1.807) is 0 Å². The normalized spacial score (nSPS) is 24.6. The molecule has 0 radical (unpaired) electrons. The van der Waals surface area contributed by atoms with Crippen molar-refractivity contribution in [1.82, 2.24) is 4.72 Å². The molecule has 1 fully saturated rings. The van der Waals surface area contributed by atoms with Crippen LogP contribution in [-0.2, 0) is 14.8 Å². The van der Waals surface area contributed by atoms with Gasteiger partial charge in [0.15, 0.2) is 0 Å². The van der Waals surface area contributed by atoms with Crippen LogP contribution >= 0.6 is 0 Å². The van der Waals surface area contributed by atoms with E-state index in [1.165, 1.54) is 11.1 Å². The molecule has 1 N–H and O–H groups in total. The zero-order chi connectivity index (χ0) is 17.9. The molecule has 1 heterocycles. The van der Waals surface area contributed by atoms with Gasteiger partial charge in [-0.3, -0.25) is 0 Å². The molecule has 0 unspecified atom stereocenters. The first kappa shape index (κ1) is 18.9. The van der Waals surface area contributed by atoms with Crippen LogP contribution < -0.4 is 4.72 Å². The van der Waals surface area contributed by atoms with E-state index in [-0.39, 0.29) is 5.75 Å². The number of benzene rings is 1. The Balaban J connectivity index is 1.55. The van der Waals surface area contributed by atoms with Crippen molar-refractivity contribution in [3.8, 4) is 0 Å². The van der Waals surface area contributed by atoms with Crippen molar-refractivity contribution in [3.63, 3.8) is 0 Å². The van der Waals surface area contributed by atoms with Crippen molar-refractivity contribution in [3.05, 3.63) is 35.4 Å². The highest BCUT2D eigenvalue weighted by Crippen LogP contribution is 2.44. The molecule has 1 aromatic carbocycles. The lowest BCUT2D eigenvalue weighted by molar-refractivity contribution is 0.0655. The van der Waals surface area contributed by atoms with Gasteiger partial charge in [-0.05, 0) is 60.5 Å². The van der Waals surface area contributed by atoms with Crippen LogP contribution in [0.5, 0.6) is 0 Å². The third-order valence-corrected chi connectivity index (χ3v) is 7.24. The fraction of sp³-hybridized carbons (Fsp3) is 0.700. The molecular formula is C20H31NO3S. The highest BCUT2D eigenvalue weighted by Gasteiger charge is 2.32. The standard InChI is InChI=1S/C20H31NO3S/c1-15(2)20-13-17(18-5-3-4-6-19(18)20)14-21-25(22,23)12-9-16-7-10-24-11-8-16/h3-6,15-17,20-21H,7-14H2,1-2H3/t17-,20-/m0/s1. The SMILES string of the molecule is CC(C)[C@@H]1C[C@@H](CNS(=O)(=O)CCC2CCOCC2)c2ccccc21. The Morgan fingerprint density at radius 3 is 2.52 bits per heavy atom. The summed E-state index contributed by atoms with van der Waals surface area (Å²) >= 11 is 0. The molecule has 4 nitrogen and oxygen atoms in total. The van der Waals surface area contributed by atoms with Crippen LogP contribution in [-0.4, -0.2) is 33.9 Å². The topological polar surface area (TPSA) is 55.4 Å². The largest absolute Gasteiger partial charge is 0.381 e. The predicted octanol–water partition coefficient (Wildman–Crippen LogP) is 3.65. The van der Waals surface area contributed by atoms with Gasteiger partial charge in [0.1, 0.15) is 0 Å². The van der Waals surface area contributed by atoms with Gasteiger partial charge >= 0.3 is 0 Å². The number of hydrogen-bond acceptors (Lipinski definition) is 3. The fourth-order valence-corrected chi connectivity index (χ4v) is 5.51. The van der Waals surface area contributed by atoms with Gasteiger partial charge in [-0.1, -0.05) is 38.1 Å². The van der Waals surface area contributed by atoms with Crippen molar-refractivity contribution >= 4 is 10.0 Å². The van der Waals surface area contributed by atoms with Crippen molar-refractivity contribution in [2.45, 2.75) is 51.4 Å². The van der Waals surface area contributed by atoms with Crippen LogP contribution in [0, 0.1) is 11.8 Å². The summed E-state index contributed by atoms with van der Waals surface area (Å²) < 4.78 is 33.1. The maximum Gasteiger partial charge on any atom is 0.211 e. The summed E-state index contributed by atoms with van der Waals surface area (Å²) in [6.07, 6.45) is 3.76. The van der Waals surface area contributed by atoms with Crippen molar-refractivity contribution in [1.29, 1.82) is 0 Å². The molecule has 3 rings (SSSR count). The first-order chi connectivity index (χ1) is 12.0. The summed E-state index contributed by atoms with van der Waals surface area (Å²) in [5.74, 6) is 2.13. The number of fused-ring (bicyclic) bond motifs is 1. The third-order valence-electron chi connectivity index (χ3n) is 5.86. The smallest absolute Gasteiger partial charge is 0.211 e. The van der Waals surface area contributed by atoms with E-state index < -0.39 is 10.0 Å². The van der Waals surface area contributed by atoms with E-state index in [4.69, 9.17) is 4.74 Å². The summed E-state index contributed by atoms with van der Waals surface area (Å²) in [5, 5.41) is 0. The van der Waals surface area contributed by atoms with E-state index in [0.29, 0.717) is 30.2 Å². The summed E-state index contributed by atoms with van der Waals surface area (Å²) in [7, 11) is -3.20. The maximum absolute atomic E-state index is 12.4. The molecule has 0 spiro atoms. The monoisotopic (exact) mass is 365 g/mol. The second kappa shape index (κ2) is 8.19. The molecule has 25 heavy (non-hydrogen) atoms. The molecule has 1 aliphatic heterocycles. The highest BCUT2D eigenvalue weighted by atomic mass is 32.2. The lowest BCUT2D eigenvalue weighted by Crippen LogP contribution is -2.31. The number of ether oxygens (including phenoxy) is 1. The molecule has 5 heteroatoms. The van der Waals surface area contributed by atoms with Gasteiger partial charge in [0, 0.05) is 19.8 Å². The molecule has 0 bridgehead atoms. The van der Waals surface area contributed by atoms with E-state index in [9.17, 15) is 8.42 Å². The Morgan fingerprint density at radius 1 is 1.16 bits per heavy atom. The van der Waals surface area contributed by atoms with Crippen LogP contribution in [0.1, 0.15) is 62.5 Å². The van der Waals surface area contributed by atoms with Gasteiger partial charge in [-0.15, -0.1) is 0 Å². The summed E-state index contributed by atoms with van der Waals surface area (Å²) in [6.45, 7) is 6.57. The van der Waals surface area contributed by atoms with E-state index in [1.807, 2.05) is 0 Å². The molecule has 0 aromatic heterocycles. The zero-order valence-corrected chi connectivity index (χ0v) is 16.2. The lowest BCUT2D eigenvalue weighted by Gasteiger charge is -2.22. The highest BCUT2D eigenvalue weighted by molar-refractivity contribution is 7.89. The van der Waals surface area contributed by atoms with Gasteiger partial charge in [-0.2, -0.15) is 0 Å². The molecule has 2 atom stereocenters. The first-order valence-corrected chi connectivity index (χ1v) is 11.3. The van der Waals surface area contributed by atoms with Crippen LogP contribution in [0.4, 0.5) is 0 Å². The van der Waals surface area contributed by atoms with Crippen molar-refractivity contribution in [2.75, 3.05) is 25.5 Å². The average molecular weight is 366 g/mol. The zero-order valence-electron chi connectivity index (χ0n) is 15.4. The van der Waals surface area contributed by atoms with E-state index in [0.717, 1.165) is 38.9 Å². The first-order valence-electron chi connectivity index (χ1n) is 9.60. The molecule has 1 aromatic rings. The Bertz CT molecular complexity index is 665. The molecule has 0 saturated carbocycles. The molecule has 0 amide bonds. The predicted molar refractivity (Wildman–Crippen MR) is 101 cm³/mol. The number of sulfonamides is 1. The number of rotatable bonds is 7. The molecular weight excluding hydrogens is 334 g/mol. The van der Waals surface area contributed by atoms with Gasteiger partial charge < -0.3 is 4.74 Å². The third kappa shape index (κ3) is 4.83. The van der Waals surface area contributed by atoms with Crippen LogP contribution in [0.3, 0.4) is 0 Å². The van der Waals surface area contributed by atoms with Crippen LogP contribution in [0.15, 0.2) is 24.3 Å². The molecule has 1 saturated heterocycles. The van der Waals surface area contributed by atoms with E-state index in [2.05, 4.69) is 42.8 Å².